The van der Waals surface area contributed by atoms with Crippen molar-refractivity contribution in [1.29, 1.82) is 0 Å². The van der Waals surface area contributed by atoms with E-state index in [4.69, 9.17) is 10.5 Å². The highest BCUT2D eigenvalue weighted by atomic mass is 32.2. The first-order valence-corrected chi connectivity index (χ1v) is 8.58. The number of carbonyl (C=O) groups excluding carboxylic acids is 2. The summed E-state index contributed by atoms with van der Waals surface area (Å²) in [5.41, 5.74) is 5.65. The monoisotopic (exact) mass is 343 g/mol. The number of hydrogen-bond acceptors (Lipinski definition) is 5. The van der Waals surface area contributed by atoms with Crippen LogP contribution in [-0.4, -0.2) is 58.3 Å². The average molecular weight is 343 g/mol. The van der Waals surface area contributed by atoms with Crippen LogP contribution in [0.3, 0.4) is 0 Å². The van der Waals surface area contributed by atoms with Crippen LogP contribution in [0.15, 0.2) is 24.3 Å². The van der Waals surface area contributed by atoms with Gasteiger partial charge in [0, 0.05) is 19.7 Å². The summed E-state index contributed by atoms with van der Waals surface area (Å²) in [6, 6.07) is 4.77. The zero-order valence-corrected chi connectivity index (χ0v) is 14.1. The smallest absolute Gasteiger partial charge is 0.317 e. The zero-order chi connectivity index (χ0) is 17.6. The summed E-state index contributed by atoms with van der Waals surface area (Å²) in [6.07, 6.45) is 0. The number of hydrogen-bond donors (Lipinski definition) is 2. The molecular weight excluding hydrogens is 322 g/mol. The molecule has 0 fully saturated rings. The van der Waals surface area contributed by atoms with Crippen LogP contribution in [0.25, 0.3) is 0 Å². The minimum Gasteiger partial charge on any atom is -0.496 e. The number of benzene rings is 1. The van der Waals surface area contributed by atoms with Gasteiger partial charge in [0.15, 0.2) is 9.84 Å². The number of nitrogens with one attached hydrogen (secondary N) is 1. The Labute approximate surface area is 135 Å². The summed E-state index contributed by atoms with van der Waals surface area (Å²) in [6.45, 7) is 0. The molecule has 3 N–H and O–H groups in total. The Morgan fingerprint density at radius 1 is 1.30 bits per heavy atom. The SMILES string of the molecule is COc1ccccc1CS(=O)(=O)C[C@H](NC(=O)N(C)C)C(N)=O. The van der Waals surface area contributed by atoms with Gasteiger partial charge in [0.05, 0.1) is 18.6 Å². The summed E-state index contributed by atoms with van der Waals surface area (Å²) in [4.78, 5) is 24.2. The van der Waals surface area contributed by atoms with Gasteiger partial charge in [-0.25, -0.2) is 13.2 Å². The van der Waals surface area contributed by atoms with Gasteiger partial charge in [0.25, 0.3) is 0 Å². The third-order valence-corrected chi connectivity index (χ3v) is 4.63. The number of carbonyl (C=O) groups is 2. The fourth-order valence-electron chi connectivity index (χ4n) is 1.85. The van der Waals surface area contributed by atoms with Gasteiger partial charge >= 0.3 is 6.03 Å². The first kappa shape index (κ1) is 18.8. The summed E-state index contributed by atoms with van der Waals surface area (Å²) in [5, 5.41) is 2.29. The van der Waals surface area contributed by atoms with Crippen LogP contribution >= 0.6 is 0 Å². The molecule has 0 spiro atoms. The van der Waals surface area contributed by atoms with E-state index >= 15 is 0 Å². The number of nitrogens with zero attached hydrogens (tertiary/aromatic N) is 1. The maximum atomic E-state index is 12.3. The van der Waals surface area contributed by atoms with Crippen LogP contribution in [0, 0.1) is 0 Å². The molecule has 1 aromatic rings. The Morgan fingerprint density at radius 3 is 2.43 bits per heavy atom. The molecule has 0 aliphatic heterocycles. The summed E-state index contributed by atoms with van der Waals surface area (Å²) < 4.78 is 29.7. The molecule has 1 atom stereocenters. The van der Waals surface area contributed by atoms with Crippen molar-refractivity contribution < 1.29 is 22.7 Å². The molecule has 0 bridgehead atoms. The van der Waals surface area contributed by atoms with Gasteiger partial charge in [0.1, 0.15) is 11.8 Å². The highest BCUT2D eigenvalue weighted by Gasteiger charge is 2.26. The van der Waals surface area contributed by atoms with E-state index < -0.39 is 33.6 Å². The van der Waals surface area contributed by atoms with E-state index in [0.717, 1.165) is 0 Å². The maximum absolute atomic E-state index is 12.3. The number of ether oxygens (including phenoxy) is 1. The lowest BCUT2D eigenvalue weighted by atomic mass is 10.2. The summed E-state index contributed by atoms with van der Waals surface area (Å²) in [7, 11) is 0.681. The number of amides is 3. The van der Waals surface area contributed by atoms with Crippen molar-refractivity contribution in [2.45, 2.75) is 11.8 Å². The Balaban J connectivity index is 2.90. The molecule has 0 aliphatic rings. The van der Waals surface area contributed by atoms with Crippen molar-refractivity contribution >= 4 is 21.8 Å². The van der Waals surface area contributed by atoms with E-state index in [-0.39, 0.29) is 5.75 Å². The fourth-order valence-corrected chi connectivity index (χ4v) is 3.43. The molecule has 8 nitrogen and oxygen atoms in total. The molecule has 3 amide bonds. The molecule has 0 radical (unpaired) electrons. The second-order valence-electron chi connectivity index (χ2n) is 5.17. The molecule has 0 saturated carbocycles. The van der Waals surface area contributed by atoms with E-state index in [1.165, 1.54) is 26.1 Å². The second-order valence-corrected chi connectivity index (χ2v) is 7.27. The van der Waals surface area contributed by atoms with E-state index in [9.17, 15) is 18.0 Å². The third-order valence-electron chi connectivity index (χ3n) is 3.04. The lowest BCUT2D eigenvalue weighted by Gasteiger charge is -2.19. The number of primary amides is 1. The van der Waals surface area contributed by atoms with Gasteiger partial charge in [-0.05, 0) is 6.07 Å². The van der Waals surface area contributed by atoms with Crippen LogP contribution in [0.4, 0.5) is 4.79 Å². The van der Waals surface area contributed by atoms with Gasteiger partial charge in [-0.2, -0.15) is 0 Å². The number of rotatable bonds is 7. The normalized spacial score (nSPS) is 12.3. The minimum absolute atomic E-state index is 0.321. The molecule has 1 aromatic carbocycles. The number of urea groups is 1. The van der Waals surface area contributed by atoms with Crippen molar-refractivity contribution in [3.8, 4) is 5.75 Å². The van der Waals surface area contributed by atoms with Crippen LogP contribution < -0.4 is 15.8 Å². The van der Waals surface area contributed by atoms with E-state index in [0.29, 0.717) is 11.3 Å². The molecule has 0 aromatic heterocycles. The first-order valence-electron chi connectivity index (χ1n) is 6.75. The van der Waals surface area contributed by atoms with E-state index in [1.807, 2.05) is 0 Å². The van der Waals surface area contributed by atoms with Gasteiger partial charge in [-0.15, -0.1) is 0 Å². The highest BCUT2D eigenvalue weighted by Crippen LogP contribution is 2.20. The largest absolute Gasteiger partial charge is 0.496 e. The number of methoxy groups -OCH3 is 1. The second kappa shape index (κ2) is 7.82. The molecule has 128 valence electrons. The highest BCUT2D eigenvalue weighted by molar-refractivity contribution is 7.90. The van der Waals surface area contributed by atoms with Crippen molar-refractivity contribution in [1.82, 2.24) is 10.2 Å². The maximum Gasteiger partial charge on any atom is 0.317 e. The van der Waals surface area contributed by atoms with Gasteiger partial charge in [-0.3, -0.25) is 4.79 Å². The predicted octanol–water partition coefficient (Wildman–Crippen LogP) is -0.265. The van der Waals surface area contributed by atoms with Crippen molar-refractivity contribution in [3.63, 3.8) is 0 Å². The molecule has 0 heterocycles. The van der Waals surface area contributed by atoms with Crippen molar-refractivity contribution in [2.24, 2.45) is 5.73 Å². The number of nitrogens with two attached hydrogens (primary N) is 1. The number of para-hydroxylation sites is 1. The van der Waals surface area contributed by atoms with Crippen LogP contribution in [0.2, 0.25) is 0 Å². The number of sulfone groups is 1. The van der Waals surface area contributed by atoms with Gasteiger partial charge < -0.3 is 20.7 Å². The van der Waals surface area contributed by atoms with Crippen molar-refractivity contribution in [3.05, 3.63) is 29.8 Å². The standard InChI is InChI=1S/C14H21N3O5S/c1-17(2)14(19)16-11(13(15)18)9-23(20,21)8-10-6-4-5-7-12(10)22-3/h4-7,11H,8-9H2,1-3H3,(H2,15,18)(H,16,19)/t11-/m0/s1. The van der Waals surface area contributed by atoms with Crippen LogP contribution in [-0.2, 0) is 20.4 Å². The Morgan fingerprint density at radius 2 is 1.91 bits per heavy atom. The molecule has 0 saturated heterocycles. The lowest BCUT2D eigenvalue weighted by Crippen LogP contribution is -2.51. The third kappa shape index (κ3) is 5.78. The Kier molecular flexibility index (Phi) is 6.38. The van der Waals surface area contributed by atoms with Crippen LogP contribution in [0.5, 0.6) is 5.75 Å². The van der Waals surface area contributed by atoms with Crippen LogP contribution in [0.1, 0.15) is 5.56 Å². The first-order chi connectivity index (χ1) is 10.7. The predicted molar refractivity (Wildman–Crippen MR) is 85.7 cm³/mol. The van der Waals surface area contributed by atoms with E-state index in [1.54, 1.807) is 24.3 Å². The minimum atomic E-state index is -3.70. The summed E-state index contributed by atoms with van der Waals surface area (Å²) in [5.74, 6) is -1.38. The molecule has 9 heteroatoms. The molecular formula is C14H21N3O5S. The zero-order valence-electron chi connectivity index (χ0n) is 13.3. The Hall–Kier alpha value is -2.29. The summed E-state index contributed by atoms with van der Waals surface area (Å²) >= 11 is 0. The van der Waals surface area contributed by atoms with Crippen molar-refractivity contribution in [2.75, 3.05) is 27.0 Å². The topological polar surface area (TPSA) is 119 Å². The molecule has 0 aliphatic carbocycles. The molecule has 23 heavy (non-hydrogen) atoms. The quantitative estimate of drug-likeness (QED) is 0.707. The molecule has 0 unspecified atom stereocenters. The van der Waals surface area contributed by atoms with Gasteiger partial charge in [-0.1, -0.05) is 18.2 Å². The van der Waals surface area contributed by atoms with Gasteiger partial charge in [0.2, 0.25) is 5.91 Å². The molecule has 1 rings (SSSR count). The Bertz CT molecular complexity index is 673. The lowest BCUT2D eigenvalue weighted by molar-refractivity contribution is -0.119. The average Bonchev–Trinajstić information content (AvgIpc) is 2.46. The van der Waals surface area contributed by atoms with E-state index in [2.05, 4.69) is 5.32 Å². The fraction of sp³-hybridized carbons (Fsp3) is 0.429.